The van der Waals surface area contributed by atoms with Gasteiger partial charge in [-0.3, -0.25) is 10.1 Å². The predicted octanol–water partition coefficient (Wildman–Crippen LogP) is 2.16. The minimum atomic E-state index is -0.286. The Morgan fingerprint density at radius 1 is 1.50 bits per heavy atom. The maximum atomic E-state index is 11.7. The zero-order valence-electron chi connectivity index (χ0n) is 11.4. The molecule has 0 radical (unpaired) electrons. The fourth-order valence-corrected chi connectivity index (χ4v) is 1.60. The van der Waals surface area contributed by atoms with Gasteiger partial charge in [0.2, 0.25) is 5.95 Å². The predicted molar refractivity (Wildman–Crippen MR) is 76.4 cm³/mol. The average Bonchev–Trinajstić information content (AvgIpc) is 2.84. The van der Waals surface area contributed by atoms with Gasteiger partial charge in [0.1, 0.15) is 0 Å². The summed E-state index contributed by atoms with van der Waals surface area (Å²) in [6, 6.07) is 8.08. The van der Waals surface area contributed by atoms with Crippen LogP contribution in [0.15, 0.2) is 30.3 Å². The molecule has 2 N–H and O–H groups in total. The third-order valence-corrected chi connectivity index (χ3v) is 2.45. The van der Waals surface area contributed by atoms with Crippen LogP contribution >= 0.6 is 0 Å². The van der Waals surface area contributed by atoms with E-state index in [-0.39, 0.29) is 17.9 Å². The van der Waals surface area contributed by atoms with Gasteiger partial charge in [0.05, 0.1) is 6.61 Å². The highest BCUT2D eigenvalue weighted by molar-refractivity contribution is 6.00. The number of ether oxygens (including phenoxy) is 1. The number of aromatic nitrogens is 3. The van der Waals surface area contributed by atoms with Gasteiger partial charge in [0.15, 0.2) is 0 Å². The fraction of sp³-hybridized carbons (Fsp3) is 0.214. The van der Waals surface area contributed by atoms with Gasteiger partial charge in [-0.1, -0.05) is 29.8 Å². The minimum Gasteiger partial charge on any atom is -0.463 e. The molecular formula is C14H16N4O2. The summed E-state index contributed by atoms with van der Waals surface area (Å²) < 4.78 is 5.09. The summed E-state index contributed by atoms with van der Waals surface area (Å²) in [5, 5.41) is 8.94. The van der Waals surface area contributed by atoms with Crippen molar-refractivity contribution in [2.24, 2.45) is 0 Å². The van der Waals surface area contributed by atoms with E-state index in [1.807, 2.05) is 38.1 Å². The van der Waals surface area contributed by atoms with E-state index in [4.69, 9.17) is 4.74 Å². The quantitative estimate of drug-likeness (QED) is 0.817. The first-order valence-corrected chi connectivity index (χ1v) is 6.28. The van der Waals surface area contributed by atoms with Crippen LogP contribution in [0.5, 0.6) is 6.01 Å². The van der Waals surface area contributed by atoms with Gasteiger partial charge in [-0.05, 0) is 25.5 Å². The van der Waals surface area contributed by atoms with Crippen LogP contribution in [0.2, 0.25) is 0 Å². The summed E-state index contributed by atoms with van der Waals surface area (Å²) in [6.45, 7) is 4.30. The molecule has 0 aliphatic heterocycles. The Balaban J connectivity index is 1.94. The number of carbonyl (C=O) groups excluding carboxylic acids is 1. The zero-order chi connectivity index (χ0) is 14.4. The molecule has 0 fully saturated rings. The summed E-state index contributed by atoms with van der Waals surface area (Å²) in [6.07, 6.45) is 3.18. The highest BCUT2D eigenvalue weighted by atomic mass is 16.5. The van der Waals surface area contributed by atoms with Crippen LogP contribution in [0.4, 0.5) is 5.95 Å². The van der Waals surface area contributed by atoms with Gasteiger partial charge in [-0.15, -0.1) is 5.10 Å². The van der Waals surface area contributed by atoms with Crippen molar-refractivity contribution < 1.29 is 9.53 Å². The van der Waals surface area contributed by atoms with Crippen molar-refractivity contribution in [1.82, 2.24) is 15.2 Å². The van der Waals surface area contributed by atoms with E-state index >= 15 is 0 Å². The number of nitrogens with one attached hydrogen (secondary N) is 2. The molecule has 104 valence electrons. The van der Waals surface area contributed by atoms with E-state index in [0.29, 0.717) is 6.61 Å². The van der Waals surface area contributed by atoms with E-state index in [1.54, 1.807) is 6.08 Å². The smallest absolute Gasteiger partial charge is 0.337 e. The molecule has 1 aromatic carbocycles. The molecule has 1 amide bonds. The van der Waals surface area contributed by atoms with Crippen LogP contribution in [-0.4, -0.2) is 27.7 Å². The van der Waals surface area contributed by atoms with Gasteiger partial charge in [-0.25, -0.2) is 5.10 Å². The normalized spacial score (nSPS) is 10.7. The second kappa shape index (κ2) is 6.51. The van der Waals surface area contributed by atoms with E-state index in [0.717, 1.165) is 11.1 Å². The third kappa shape index (κ3) is 3.94. The standard InChI is InChI=1S/C14H16N4O2/c1-3-20-14-16-13(17-18-14)15-12(19)8-7-11-6-4-5-10(2)9-11/h4-9H,3H2,1-2H3,(H2,15,16,17,18,19)/b8-7+. The number of hydrogen-bond acceptors (Lipinski definition) is 4. The number of aryl methyl sites for hydroxylation is 1. The van der Waals surface area contributed by atoms with Crippen LogP contribution in [0.25, 0.3) is 6.08 Å². The first-order chi connectivity index (χ1) is 9.67. The van der Waals surface area contributed by atoms with Crippen LogP contribution in [0.3, 0.4) is 0 Å². The van der Waals surface area contributed by atoms with Gasteiger partial charge >= 0.3 is 6.01 Å². The van der Waals surface area contributed by atoms with E-state index < -0.39 is 0 Å². The van der Waals surface area contributed by atoms with Crippen molar-refractivity contribution in [3.8, 4) is 6.01 Å². The molecule has 0 unspecified atom stereocenters. The largest absolute Gasteiger partial charge is 0.463 e. The van der Waals surface area contributed by atoms with Crippen molar-refractivity contribution in [3.63, 3.8) is 0 Å². The highest BCUT2D eigenvalue weighted by Crippen LogP contribution is 2.07. The summed E-state index contributed by atoms with van der Waals surface area (Å²) >= 11 is 0. The molecule has 0 spiro atoms. The van der Waals surface area contributed by atoms with Crippen molar-refractivity contribution >= 4 is 17.9 Å². The average molecular weight is 272 g/mol. The molecule has 20 heavy (non-hydrogen) atoms. The minimum absolute atomic E-state index is 0.213. The molecule has 0 saturated heterocycles. The number of nitrogens with zero attached hydrogens (tertiary/aromatic N) is 2. The van der Waals surface area contributed by atoms with Crippen LogP contribution in [-0.2, 0) is 4.79 Å². The highest BCUT2D eigenvalue weighted by Gasteiger charge is 2.05. The number of rotatable bonds is 5. The molecule has 0 bridgehead atoms. The Morgan fingerprint density at radius 3 is 3.10 bits per heavy atom. The van der Waals surface area contributed by atoms with Crippen LogP contribution in [0, 0.1) is 6.92 Å². The Kier molecular flexibility index (Phi) is 4.49. The molecule has 0 atom stereocenters. The lowest BCUT2D eigenvalue weighted by molar-refractivity contribution is -0.111. The summed E-state index contributed by atoms with van der Waals surface area (Å²) in [5.74, 6) is -0.0296. The molecule has 0 aliphatic carbocycles. The number of carbonyl (C=O) groups is 1. The van der Waals surface area contributed by atoms with Crippen molar-refractivity contribution in [2.75, 3.05) is 11.9 Å². The Bertz CT molecular complexity index is 619. The van der Waals surface area contributed by atoms with E-state index in [9.17, 15) is 4.79 Å². The maximum absolute atomic E-state index is 11.7. The number of hydrogen-bond donors (Lipinski definition) is 2. The molecular weight excluding hydrogens is 256 g/mol. The number of H-pyrrole nitrogens is 1. The van der Waals surface area contributed by atoms with E-state index in [1.165, 1.54) is 6.08 Å². The van der Waals surface area contributed by atoms with Crippen molar-refractivity contribution in [2.45, 2.75) is 13.8 Å². The molecule has 1 aromatic heterocycles. The second-order valence-electron chi connectivity index (χ2n) is 4.14. The summed E-state index contributed by atoms with van der Waals surface area (Å²) in [7, 11) is 0. The summed E-state index contributed by atoms with van der Waals surface area (Å²) in [4.78, 5) is 15.7. The molecule has 2 aromatic rings. The Morgan fingerprint density at radius 2 is 2.35 bits per heavy atom. The second-order valence-corrected chi connectivity index (χ2v) is 4.14. The van der Waals surface area contributed by atoms with Gasteiger partial charge < -0.3 is 4.74 Å². The van der Waals surface area contributed by atoms with Gasteiger partial charge in [-0.2, -0.15) is 4.98 Å². The monoisotopic (exact) mass is 272 g/mol. The molecule has 6 nitrogen and oxygen atoms in total. The Hall–Kier alpha value is -2.63. The van der Waals surface area contributed by atoms with Crippen LogP contribution < -0.4 is 10.1 Å². The van der Waals surface area contributed by atoms with Crippen molar-refractivity contribution in [1.29, 1.82) is 0 Å². The molecule has 6 heteroatoms. The first-order valence-electron chi connectivity index (χ1n) is 6.28. The SMILES string of the molecule is CCOc1n[nH]c(NC(=O)/C=C/c2cccc(C)c2)n1. The zero-order valence-corrected chi connectivity index (χ0v) is 11.4. The summed E-state index contributed by atoms with van der Waals surface area (Å²) in [5.41, 5.74) is 2.11. The number of anilines is 1. The molecule has 0 aliphatic rings. The maximum Gasteiger partial charge on any atom is 0.337 e. The van der Waals surface area contributed by atoms with Gasteiger partial charge in [0.25, 0.3) is 5.91 Å². The van der Waals surface area contributed by atoms with Crippen LogP contribution in [0.1, 0.15) is 18.1 Å². The van der Waals surface area contributed by atoms with Gasteiger partial charge in [0, 0.05) is 6.08 Å². The Labute approximate surface area is 116 Å². The topological polar surface area (TPSA) is 79.9 Å². The number of amides is 1. The lowest BCUT2D eigenvalue weighted by Gasteiger charge is -1.97. The lowest BCUT2D eigenvalue weighted by atomic mass is 10.1. The van der Waals surface area contributed by atoms with Crippen molar-refractivity contribution in [3.05, 3.63) is 41.5 Å². The fourth-order valence-electron chi connectivity index (χ4n) is 1.60. The number of benzene rings is 1. The molecule has 0 saturated carbocycles. The first kappa shape index (κ1) is 13.8. The third-order valence-electron chi connectivity index (χ3n) is 2.45. The lowest BCUT2D eigenvalue weighted by Crippen LogP contribution is -2.09. The van der Waals surface area contributed by atoms with E-state index in [2.05, 4.69) is 20.5 Å². The number of aromatic amines is 1. The molecule has 2 rings (SSSR count). The molecule has 1 heterocycles.